The summed E-state index contributed by atoms with van der Waals surface area (Å²) >= 11 is 3.40. The lowest BCUT2D eigenvalue weighted by atomic mass is 10.1. The molecule has 0 fully saturated rings. The van der Waals surface area contributed by atoms with Gasteiger partial charge in [-0.3, -0.25) is 9.59 Å². The highest BCUT2D eigenvalue weighted by Crippen LogP contribution is 2.35. The topological polar surface area (TPSA) is 52.6 Å². The van der Waals surface area contributed by atoms with Crippen molar-refractivity contribution in [2.45, 2.75) is 0 Å². The van der Waals surface area contributed by atoms with Crippen molar-refractivity contribution in [3.05, 3.63) is 63.1 Å². The third-order valence-corrected chi connectivity index (χ3v) is 4.33. The Hall–Kier alpha value is -2.40. The fourth-order valence-electron chi connectivity index (χ4n) is 2.56. The summed E-state index contributed by atoms with van der Waals surface area (Å²) in [6.07, 6.45) is 1.56. The van der Waals surface area contributed by atoms with Crippen molar-refractivity contribution in [3.8, 4) is 11.5 Å². The van der Waals surface area contributed by atoms with Gasteiger partial charge in [-0.2, -0.15) is 0 Å². The van der Waals surface area contributed by atoms with Crippen LogP contribution in [0.2, 0.25) is 0 Å². The van der Waals surface area contributed by atoms with E-state index in [2.05, 4.69) is 15.9 Å². The molecule has 0 aromatic heterocycles. The molecule has 0 aliphatic heterocycles. The zero-order valence-electron chi connectivity index (χ0n) is 12.6. The molecule has 0 spiro atoms. The van der Waals surface area contributed by atoms with E-state index >= 15 is 0 Å². The number of ketones is 2. The predicted octanol–water partition coefficient (Wildman–Crippen LogP) is 3.93. The third kappa shape index (κ3) is 2.57. The molecule has 0 bridgehead atoms. The van der Waals surface area contributed by atoms with Gasteiger partial charge in [0.25, 0.3) is 0 Å². The molecule has 5 heteroatoms. The van der Waals surface area contributed by atoms with Crippen LogP contribution >= 0.6 is 15.9 Å². The summed E-state index contributed by atoms with van der Waals surface area (Å²) in [7, 11) is 3.08. The van der Waals surface area contributed by atoms with Crippen LogP contribution in [0.3, 0.4) is 0 Å². The summed E-state index contributed by atoms with van der Waals surface area (Å²) in [6.45, 7) is 0. The largest absolute Gasteiger partial charge is 0.496 e. The van der Waals surface area contributed by atoms with Gasteiger partial charge in [0.05, 0.1) is 24.3 Å². The fourth-order valence-corrected chi connectivity index (χ4v) is 3.08. The Labute approximate surface area is 141 Å². The molecule has 116 valence electrons. The van der Waals surface area contributed by atoms with Gasteiger partial charge in [0.15, 0.2) is 11.6 Å². The molecule has 0 N–H and O–H groups in total. The predicted molar refractivity (Wildman–Crippen MR) is 90.3 cm³/mol. The molecule has 1 aliphatic rings. The average Bonchev–Trinajstić information content (AvgIpc) is 2.80. The molecule has 2 aromatic carbocycles. The summed E-state index contributed by atoms with van der Waals surface area (Å²) in [5.74, 6) is 0.602. The maximum Gasteiger partial charge on any atom is 0.197 e. The zero-order valence-corrected chi connectivity index (χ0v) is 14.1. The normalized spacial score (nSPS) is 13.1. The van der Waals surface area contributed by atoms with Crippen molar-refractivity contribution in [1.29, 1.82) is 0 Å². The average molecular weight is 373 g/mol. The van der Waals surface area contributed by atoms with Crippen LogP contribution < -0.4 is 9.47 Å². The summed E-state index contributed by atoms with van der Waals surface area (Å²) in [5, 5.41) is 0. The van der Waals surface area contributed by atoms with Crippen LogP contribution in [0, 0.1) is 0 Å². The summed E-state index contributed by atoms with van der Waals surface area (Å²) in [6, 6.07) is 10.3. The Morgan fingerprint density at radius 3 is 2.00 bits per heavy atom. The molecular weight excluding hydrogens is 360 g/mol. The minimum Gasteiger partial charge on any atom is -0.496 e. The smallest absolute Gasteiger partial charge is 0.197 e. The second-order valence-corrected chi connectivity index (χ2v) is 5.84. The van der Waals surface area contributed by atoms with Crippen LogP contribution in [0.25, 0.3) is 6.08 Å². The number of methoxy groups -OCH3 is 2. The van der Waals surface area contributed by atoms with E-state index in [1.807, 2.05) is 0 Å². The number of ether oxygens (including phenoxy) is 2. The first-order chi connectivity index (χ1) is 11.1. The molecular formula is C18H13BrO4. The Kier molecular flexibility index (Phi) is 4.05. The number of carbonyl (C=O) groups excluding carboxylic acids is 2. The number of rotatable bonds is 3. The Morgan fingerprint density at radius 1 is 0.913 bits per heavy atom. The van der Waals surface area contributed by atoms with Gasteiger partial charge < -0.3 is 9.47 Å². The first-order valence-electron chi connectivity index (χ1n) is 6.88. The van der Waals surface area contributed by atoms with E-state index in [9.17, 15) is 9.59 Å². The van der Waals surface area contributed by atoms with Gasteiger partial charge in [0, 0.05) is 22.8 Å². The standard InChI is InChI=1S/C18H13BrO4/c1-22-15-9-16(23-2)14(19)8-10(15)7-13-17(20)11-5-3-4-6-12(11)18(13)21/h3-9H,1-2H3. The number of hydrogen-bond acceptors (Lipinski definition) is 4. The molecule has 4 nitrogen and oxygen atoms in total. The number of hydrogen-bond donors (Lipinski definition) is 0. The number of Topliss-reactive ketones (excluding diaryl/α,β-unsaturated/α-hetero) is 2. The molecule has 3 rings (SSSR count). The van der Waals surface area contributed by atoms with E-state index in [1.54, 1.807) is 49.6 Å². The van der Waals surface area contributed by atoms with Gasteiger partial charge in [0.2, 0.25) is 0 Å². The molecule has 0 radical (unpaired) electrons. The first kappa shape index (κ1) is 15.5. The number of halogens is 1. The molecule has 0 saturated heterocycles. The molecule has 2 aromatic rings. The number of fused-ring (bicyclic) bond motifs is 1. The van der Waals surface area contributed by atoms with Crippen molar-refractivity contribution in [1.82, 2.24) is 0 Å². The van der Waals surface area contributed by atoms with Crippen LogP contribution in [-0.4, -0.2) is 25.8 Å². The third-order valence-electron chi connectivity index (χ3n) is 3.71. The van der Waals surface area contributed by atoms with Crippen molar-refractivity contribution >= 4 is 33.6 Å². The second-order valence-electron chi connectivity index (χ2n) is 4.99. The van der Waals surface area contributed by atoms with Crippen LogP contribution in [-0.2, 0) is 0 Å². The van der Waals surface area contributed by atoms with E-state index < -0.39 is 0 Å². The number of allylic oxidation sites excluding steroid dienone is 1. The van der Waals surface area contributed by atoms with Crippen LogP contribution in [0.1, 0.15) is 26.3 Å². The quantitative estimate of drug-likeness (QED) is 0.604. The van der Waals surface area contributed by atoms with Crippen LogP contribution in [0.5, 0.6) is 11.5 Å². The lowest BCUT2D eigenvalue weighted by Gasteiger charge is -2.10. The van der Waals surface area contributed by atoms with E-state index in [1.165, 1.54) is 7.11 Å². The number of carbonyl (C=O) groups is 2. The molecule has 0 heterocycles. The summed E-state index contributed by atoms with van der Waals surface area (Å²) < 4.78 is 11.3. The fraction of sp³-hybridized carbons (Fsp3) is 0.111. The monoisotopic (exact) mass is 372 g/mol. The van der Waals surface area contributed by atoms with Crippen LogP contribution in [0.4, 0.5) is 0 Å². The first-order valence-corrected chi connectivity index (χ1v) is 7.67. The Balaban J connectivity index is 2.12. The highest BCUT2D eigenvalue weighted by Gasteiger charge is 2.32. The van der Waals surface area contributed by atoms with Crippen LogP contribution in [0.15, 0.2) is 46.4 Å². The van der Waals surface area contributed by atoms with Gasteiger partial charge in [-0.1, -0.05) is 24.3 Å². The second kappa shape index (κ2) is 6.01. The van der Waals surface area contributed by atoms with Crippen molar-refractivity contribution in [2.75, 3.05) is 14.2 Å². The van der Waals surface area contributed by atoms with Crippen molar-refractivity contribution < 1.29 is 19.1 Å². The molecule has 23 heavy (non-hydrogen) atoms. The van der Waals surface area contributed by atoms with Gasteiger partial charge >= 0.3 is 0 Å². The Morgan fingerprint density at radius 2 is 1.48 bits per heavy atom. The van der Waals surface area contributed by atoms with Gasteiger partial charge in [-0.05, 0) is 28.1 Å². The molecule has 0 atom stereocenters. The van der Waals surface area contributed by atoms with Crippen molar-refractivity contribution in [2.24, 2.45) is 0 Å². The molecule has 0 unspecified atom stereocenters. The molecule has 0 saturated carbocycles. The van der Waals surface area contributed by atoms with Crippen molar-refractivity contribution in [3.63, 3.8) is 0 Å². The van der Waals surface area contributed by atoms with Gasteiger partial charge in [-0.25, -0.2) is 0 Å². The van der Waals surface area contributed by atoms with E-state index in [0.29, 0.717) is 32.7 Å². The highest BCUT2D eigenvalue weighted by molar-refractivity contribution is 9.10. The zero-order chi connectivity index (χ0) is 16.6. The molecule has 1 aliphatic carbocycles. The van der Waals surface area contributed by atoms with E-state index in [-0.39, 0.29) is 17.1 Å². The maximum absolute atomic E-state index is 12.5. The lowest BCUT2D eigenvalue weighted by Crippen LogP contribution is -2.01. The number of benzene rings is 2. The lowest BCUT2D eigenvalue weighted by molar-refractivity contribution is 0.0990. The Bertz CT molecular complexity index is 815. The summed E-state index contributed by atoms with van der Waals surface area (Å²) in [4.78, 5) is 24.9. The van der Waals surface area contributed by atoms with E-state index in [0.717, 1.165) is 0 Å². The minimum atomic E-state index is -0.264. The highest BCUT2D eigenvalue weighted by atomic mass is 79.9. The van der Waals surface area contributed by atoms with E-state index in [4.69, 9.17) is 9.47 Å². The van der Waals surface area contributed by atoms with Gasteiger partial charge in [-0.15, -0.1) is 0 Å². The SMILES string of the molecule is COc1cc(OC)c(C=C2C(=O)c3ccccc3C2=O)cc1Br. The minimum absolute atomic E-state index is 0.140. The van der Waals surface area contributed by atoms with Gasteiger partial charge in [0.1, 0.15) is 11.5 Å². The summed E-state index contributed by atoms with van der Waals surface area (Å²) in [5.41, 5.74) is 1.65. The maximum atomic E-state index is 12.5. The molecule has 0 amide bonds.